The van der Waals surface area contributed by atoms with Crippen molar-refractivity contribution in [3.63, 3.8) is 0 Å². The molecule has 1 aromatic heterocycles. The Morgan fingerprint density at radius 3 is 2.83 bits per heavy atom. The second-order valence-electron chi connectivity index (χ2n) is 5.19. The van der Waals surface area contributed by atoms with Gasteiger partial charge in [-0.05, 0) is 24.1 Å². The van der Waals surface area contributed by atoms with E-state index in [9.17, 15) is 4.79 Å². The van der Waals surface area contributed by atoms with Crippen LogP contribution in [0.1, 0.15) is 20.8 Å². The van der Waals surface area contributed by atoms with Crippen molar-refractivity contribution >= 4 is 45.1 Å². The summed E-state index contributed by atoms with van der Waals surface area (Å²) in [6.45, 7) is 2.01. The molecule has 5 heteroatoms. The quantitative estimate of drug-likeness (QED) is 0.536. The van der Waals surface area contributed by atoms with Crippen LogP contribution in [0.3, 0.4) is 0 Å². The number of carbonyl (C=O) groups excluding carboxylic acids is 1. The van der Waals surface area contributed by atoms with Crippen molar-refractivity contribution in [3.05, 3.63) is 69.6 Å². The van der Waals surface area contributed by atoms with E-state index in [-0.39, 0.29) is 5.91 Å². The Balaban J connectivity index is 1.70. The van der Waals surface area contributed by atoms with Gasteiger partial charge in [0, 0.05) is 22.7 Å². The van der Waals surface area contributed by atoms with Crippen molar-refractivity contribution in [2.24, 2.45) is 5.10 Å². The fourth-order valence-corrected chi connectivity index (χ4v) is 3.74. The largest absolute Gasteiger partial charge is 0.282 e. The summed E-state index contributed by atoms with van der Waals surface area (Å²) in [5.41, 5.74) is 4.82. The molecule has 3 aromatic rings. The fourth-order valence-electron chi connectivity index (χ4n) is 2.24. The summed E-state index contributed by atoms with van der Waals surface area (Å²) in [4.78, 5) is 12.7. The molecule has 3 nitrogen and oxygen atoms in total. The average molecular weight is 343 g/mol. The molecule has 0 atom stereocenters. The molecule has 0 unspecified atom stereocenters. The normalized spacial score (nSPS) is 11.2. The van der Waals surface area contributed by atoms with Gasteiger partial charge in [-0.2, -0.15) is 5.10 Å². The van der Waals surface area contributed by atoms with Gasteiger partial charge >= 0.3 is 0 Å². The first-order chi connectivity index (χ1) is 11.1. The number of hydrogen-bond acceptors (Lipinski definition) is 3. The summed E-state index contributed by atoms with van der Waals surface area (Å²) in [5, 5.41) is 5.39. The van der Waals surface area contributed by atoms with Crippen LogP contribution in [0.4, 0.5) is 0 Å². The minimum absolute atomic E-state index is 0.279. The van der Waals surface area contributed by atoms with Crippen molar-refractivity contribution in [1.82, 2.24) is 5.43 Å². The van der Waals surface area contributed by atoms with Gasteiger partial charge < -0.3 is 0 Å². The van der Waals surface area contributed by atoms with E-state index in [2.05, 4.69) is 10.5 Å². The van der Waals surface area contributed by atoms with E-state index in [0.717, 1.165) is 21.2 Å². The van der Waals surface area contributed by atoms with Gasteiger partial charge in [-0.25, -0.2) is 5.43 Å². The lowest BCUT2D eigenvalue weighted by Gasteiger charge is -1.97. The molecule has 2 aromatic carbocycles. The van der Waals surface area contributed by atoms with Crippen molar-refractivity contribution in [3.8, 4) is 0 Å². The number of rotatable bonds is 4. The molecule has 0 spiro atoms. The molecule has 116 valence electrons. The van der Waals surface area contributed by atoms with Crippen LogP contribution >= 0.6 is 22.9 Å². The summed E-state index contributed by atoms with van der Waals surface area (Å²) in [6, 6.07) is 15.9. The van der Waals surface area contributed by atoms with Gasteiger partial charge in [0.2, 0.25) is 0 Å². The number of halogens is 1. The fraction of sp³-hybridized carbons (Fsp3) is 0.111. The number of thiophene rings is 1. The number of carbonyl (C=O) groups is 1. The van der Waals surface area contributed by atoms with Gasteiger partial charge in [-0.15, -0.1) is 11.3 Å². The number of nitrogens with zero attached hydrogens (tertiary/aromatic N) is 1. The van der Waals surface area contributed by atoms with E-state index >= 15 is 0 Å². The molecule has 1 heterocycles. The smallest absolute Gasteiger partial charge is 0.266 e. The number of hydrogen-bond donors (Lipinski definition) is 1. The van der Waals surface area contributed by atoms with Gasteiger partial charge in [0.05, 0.1) is 5.02 Å². The molecule has 1 N–H and O–H groups in total. The first kappa shape index (κ1) is 15.7. The van der Waals surface area contributed by atoms with Gasteiger partial charge in [-0.1, -0.05) is 54.1 Å². The molecule has 0 radical (unpaired) electrons. The van der Waals surface area contributed by atoms with Gasteiger partial charge in [0.15, 0.2) is 0 Å². The molecule has 1 amide bonds. The third-order valence-corrected chi connectivity index (χ3v) is 5.07. The second kappa shape index (κ2) is 6.94. The SMILES string of the molecule is Cc1ccc2c(Cl)c(C(=O)N/N=C/Cc3ccccc3)sc2c1. The Morgan fingerprint density at radius 1 is 1.26 bits per heavy atom. The van der Waals surface area contributed by atoms with Gasteiger partial charge in [0.1, 0.15) is 4.88 Å². The number of hydrazone groups is 1. The number of fused-ring (bicyclic) bond motifs is 1. The Hall–Kier alpha value is -2.17. The van der Waals surface area contributed by atoms with Crippen molar-refractivity contribution in [1.29, 1.82) is 0 Å². The maximum atomic E-state index is 12.2. The van der Waals surface area contributed by atoms with E-state index < -0.39 is 0 Å². The Morgan fingerprint density at radius 2 is 2.04 bits per heavy atom. The van der Waals surface area contributed by atoms with E-state index in [0.29, 0.717) is 16.3 Å². The predicted octanol–water partition coefficient (Wildman–Crippen LogP) is 4.82. The van der Waals surface area contributed by atoms with E-state index in [4.69, 9.17) is 11.6 Å². The highest BCUT2D eigenvalue weighted by molar-refractivity contribution is 7.21. The number of nitrogens with one attached hydrogen (secondary N) is 1. The molecule has 0 aliphatic heterocycles. The maximum absolute atomic E-state index is 12.2. The highest BCUT2D eigenvalue weighted by Gasteiger charge is 2.16. The summed E-state index contributed by atoms with van der Waals surface area (Å²) < 4.78 is 1.01. The number of benzene rings is 2. The van der Waals surface area contributed by atoms with E-state index in [1.165, 1.54) is 11.3 Å². The highest BCUT2D eigenvalue weighted by atomic mass is 35.5. The molecule has 3 rings (SSSR count). The Labute approximate surface area is 143 Å². The molecular weight excluding hydrogens is 328 g/mol. The van der Waals surface area contributed by atoms with Crippen LogP contribution in [0.25, 0.3) is 10.1 Å². The van der Waals surface area contributed by atoms with Crippen LogP contribution in [0.5, 0.6) is 0 Å². The van der Waals surface area contributed by atoms with Crippen LogP contribution in [-0.2, 0) is 6.42 Å². The second-order valence-corrected chi connectivity index (χ2v) is 6.62. The summed E-state index contributed by atoms with van der Waals surface area (Å²) >= 11 is 7.69. The van der Waals surface area contributed by atoms with E-state index in [1.54, 1.807) is 6.21 Å². The van der Waals surface area contributed by atoms with E-state index in [1.807, 2.05) is 55.5 Å². The van der Waals surface area contributed by atoms with Crippen LogP contribution in [0.2, 0.25) is 5.02 Å². The maximum Gasteiger partial charge on any atom is 0.282 e. The molecule has 0 aliphatic carbocycles. The lowest BCUT2D eigenvalue weighted by Crippen LogP contribution is -2.16. The molecule has 0 bridgehead atoms. The van der Waals surface area contributed by atoms with Crippen molar-refractivity contribution in [2.75, 3.05) is 0 Å². The average Bonchev–Trinajstić information content (AvgIpc) is 2.88. The van der Waals surface area contributed by atoms with Gasteiger partial charge in [0.25, 0.3) is 5.91 Å². The van der Waals surface area contributed by atoms with Crippen LogP contribution in [0.15, 0.2) is 53.6 Å². The molecule has 0 aliphatic rings. The molecule has 0 fully saturated rings. The number of amides is 1. The van der Waals surface area contributed by atoms with Crippen molar-refractivity contribution < 1.29 is 4.79 Å². The molecule has 23 heavy (non-hydrogen) atoms. The Kier molecular flexibility index (Phi) is 4.74. The molecule has 0 saturated carbocycles. The lowest BCUT2D eigenvalue weighted by atomic mass is 10.2. The van der Waals surface area contributed by atoms with Crippen LogP contribution < -0.4 is 5.43 Å². The summed E-state index contributed by atoms with van der Waals surface area (Å²) in [5.74, 6) is -0.279. The van der Waals surface area contributed by atoms with Gasteiger partial charge in [-0.3, -0.25) is 4.79 Å². The minimum Gasteiger partial charge on any atom is -0.266 e. The summed E-state index contributed by atoms with van der Waals surface area (Å²) in [6.07, 6.45) is 2.35. The molecular formula is C18H15ClN2OS. The zero-order chi connectivity index (χ0) is 16.2. The number of aryl methyl sites for hydroxylation is 1. The zero-order valence-electron chi connectivity index (χ0n) is 12.5. The highest BCUT2D eigenvalue weighted by Crippen LogP contribution is 2.35. The third kappa shape index (κ3) is 3.60. The standard InChI is InChI=1S/C18H15ClN2OS/c1-12-7-8-14-15(11-12)23-17(16(14)19)18(22)21-20-10-9-13-5-3-2-4-6-13/h2-8,10-11H,9H2,1H3,(H,21,22)/b20-10+. The first-order valence-corrected chi connectivity index (χ1v) is 8.39. The third-order valence-electron chi connectivity index (χ3n) is 3.42. The molecule has 0 saturated heterocycles. The topological polar surface area (TPSA) is 41.5 Å². The van der Waals surface area contributed by atoms with Crippen LogP contribution in [-0.4, -0.2) is 12.1 Å². The minimum atomic E-state index is -0.279. The zero-order valence-corrected chi connectivity index (χ0v) is 14.1. The van der Waals surface area contributed by atoms with Crippen molar-refractivity contribution in [2.45, 2.75) is 13.3 Å². The predicted molar refractivity (Wildman–Crippen MR) is 97.7 cm³/mol. The summed E-state index contributed by atoms with van der Waals surface area (Å²) in [7, 11) is 0. The lowest BCUT2D eigenvalue weighted by molar-refractivity contribution is 0.0959. The first-order valence-electron chi connectivity index (χ1n) is 7.19. The monoisotopic (exact) mass is 342 g/mol. The van der Waals surface area contributed by atoms with Crippen LogP contribution in [0, 0.1) is 6.92 Å². The Bertz CT molecular complexity index is 871.